The van der Waals surface area contributed by atoms with Crippen LogP contribution in [0, 0.1) is 0 Å². The van der Waals surface area contributed by atoms with E-state index < -0.39 is 0 Å². The molecule has 0 spiro atoms. The minimum atomic E-state index is 0.267. The Kier molecular flexibility index (Phi) is 3.72. The van der Waals surface area contributed by atoms with Crippen LogP contribution in [0.2, 0.25) is 0 Å². The second-order valence-corrected chi connectivity index (χ2v) is 8.73. The van der Waals surface area contributed by atoms with Crippen LogP contribution in [0.4, 0.5) is 11.5 Å². The third-order valence-corrected chi connectivity index (χ3v) is 7.22. The third kappa shape index (κ3) is 2.66. The van der Waals surface area contributed by atoms with Crippen molar-refractivity contribution in [2.75, 3.05) is 18.7 Å². The van der Waals surface area contributed by atoms with Crippen molar-refractivity contribution in [3.05, 3.63) is 60.2 Å². The highest BCUT2D eigenvalue weighted by molar-refractivity contribution is 7.23. The van der Waals surface area contributed by atoms with Gasteiger partial charge in [0.2, 0.25) is 6.79 Å². The zero-order chi connectivity index (χ0) is 19.4. The van der Waals surface area contributed by atoms with Gasteiger partial charge < -0.3 is 14.4 Å². The average Bonchev–Trinajstić information content (AvgIpc) is 3.49. The van der Waals surface area contributed by atoms with Gasteiger partial charge >= 0.3 is 0 Å². The van der Waals surface area contributed by atoms with Crippen LogP contribution in [0.5, 0.6) is 11.5 Å². The van der Waals surface area contributed by atoms with Crippen LogP contribution in [-0.4, -0.2) is 23.8 Å². The number of aromatic nitrogens is 2. The van der Waals surface area contributed by atoms with Crippen LogP contribution in [-0.2, 0) is 0 Å². The Labute approximate surface area is 174 Å². The van der Waals surface area contributed by atoms with Gasteiger partial charge in [-0.05, 0) is 24.3 Å². The van der Waals surface area contributed by atoms with E-state index in [0.717, 1.165) is 33.2 Å². The van der Waals surface area contributed by atoms with Gasteiger partial charge in [0.15, 0.2) is 17.3 Å². The predicted octanol–water partition coefficient (Wildman–Crippen LogP) is 6.07. The quantitative estimate of drug-likeness (QED) is 0.357. The standard InChI is InChI=1S/C22H15N3O2S2/c1-25(13-6-7-17-18(8-13)27-12-26-17)22-21-16(23-11-24-22)9-20(29-21)15-10-28-19-5-3-2-4-14(15)19/h2-11H,12H2,1H3. The summed E-state index contributed by atoms with van der Waals surface area (Å²) in [5.74, 6) is 2.42. The molecule has 3 aromatic heterocycles. The number of hydrogen-bond donors (Lipinski definition) is 0. The Hall–Kier alpha value is -3.16. The maximum Gasteiger partial charge on any atom is 0.231 e. The Bertz CT molecular complexity index is 1380. The number of anilines is 2. The maximum absolute atomic E-state index is 5.53. The summed E-state index contributed by atoms with van der Waals surface area (Å²) in [7, 11) is 2.01. The number of rotatable bonds is 3. The van der Waals surface area contributed by atoms with Crippen molar-refractivity contribution in [2.45, 2.75) is 0 Å². The van der Waals surface area contributed by atoms with Crippen molar-refractivity contribution < 1.29 is 9.47 Å². The first-order chi connectivity index (χ1) is 14.3. The zero-order valence-electron chi connectivity index (χ0n) is 15.5. The molecule has 5 nitrogen and oxygen atoms in total. The van der Waals surface area contributed by atoms with E-state index in [0.29, 0.717) is 0 Å². The second-order valence-electron chi connectivity index (χ2n) is 6.76. The summed E-state index contributed by atoms with van der Waals surface area (Å²) in [5, 5.41) is 3.51. The van der Waals surface area contributed by atoms with Crippen LogP contribution in [0.3, 0.4) is 0 Å². The fourth-order valence-corrected chi connectivity index (χ4v) is 5.80. The monoisotopic (exact) mass is 417 g/mol. The summed E-state index contributed by atoms with van der Waals surface area (Å²) >= 11 is 3.50. The molecule has 29 heavy (non-hydrogen) atoms. The molecule has 0 amide bonds. The molecule has 4 heterocycles. The van der Waals surface area contributed by atoms with Crippen molar-refractivity contribution in [1.29, 1.82) is 0 Å². The molecule has 0 bridgehead atoms. The van der Waals surface area contributed by atoms with Gasteiger partial charge in [0.1, 0.15) is 6.33 Å². The van der Waals surface area contributed by atoms with Gasteiger partial charge in [0, 0.05) is 44.7 Å². The number of hydrogen-bond acceptors (Lipinski definition) is 7. The average molecular weight is 418 g/mol. The summed E-state index contributed by atoms with van der Waals surface area (Å²) in [6.07, 6.45) is 1.63. The first kappa shape index (κ1) is 16.8. The Morgan fingerprint density at radius 2 is 1.90 bits per heavy atom. The number of benzene rings is 2. The summed E-state index contributed by atoms with van der Waals surface area (Å²) in [4.78, 5) is 12.4. The fourth-order valence-electron chi connectivity index (χ4n) is 3.60. The van der Waals surface area contributed by atoms with Crippen molar-refractivity contribution >= 4 is 54.5 Å². The molecule has 0 aliphatic carbocycles. The van der Waals surface area contributed by atoms with Crippen LogP contribution in [0.15, 0.2) is 60.2 Å². The topological polar surface area (TPSA) is 47.5 Å². The van der Waals surface area contributed by atoms with E-state index in [1.807, 2.05) is 25.2 Å². The molecule has 1 aliphatic rings. The molecule has 0 saturated carbocycles. The lowest BCUT2D eigenvalue weighted by molar-refractivity contribution is 0.174. The fraction of sp³-hybridized carbons (Fsp3) is 0.0909. The number of thiophene rings is 2. The lowest BCUT2D eigenvalue weighted by atomic mass is 10.1. The van der Waals surface area contributed by atoms with Gasteiger partial charge in [-0.25, -0.2) is 9.97 Å². The first-order valence-corrected chi connectivity index (χ1v) is 10.8. The molecule has 0 saturated heterocycles. The van der Waals surface area contributed by atoms with Gasteiger partial charge in [0.25, 0.3) is 0 Å². The van der Waals surface area contributed by atoms with Crippen LogP contribution in [0.1, 0.15) is 0 Å². The summed E-state index contributed by atoms with van der Waals surface area (Å²) in [6.45, 7) is 0.267. The van der Waals surface area contributed by atoms with Crippen molar-refractivity contribution in [3.63, 3.8) is 0 Å². The summed E-state index contributed by atoms with van der Waals surface area (Å²) in [5.41, 5.74) is 3.20. The molecule has 7 heteroatoms. The highest BCUT2D eigenvalue weighted by atomic mass is 32.1. The molecule has 0 N–H and O–H groups in total. The number of fused-ring (bicyclic) bond motifs is 3. The summed E-state index contributed by atoms with van der Waals surface area (Å²) in [6, 6.07) is 16.6. The highest BCUT2D eigenvalue weighted by Crippen LogP contribution is 2.43. The van der Waals surface area contributed by atoms with E-state index in [-0.39, 0.29) is 6.79 Å². The normalized spacial score (nSPS) is 12.7. The molecular formula is C22H15N3O2S2. The highest BCUT2D eigenvalue weighted by Gasteiger charge is 2.19. The smallest absolute Gasteiger partial charge is 0.231 e. The second kappa shape index (κ2) is 6.43. The van der Waals surface area contributed by atoms with Gasteiger partial charge in [-0.15, -0.1) is 22.7 Å². The van der Waals surface area contributed by atoms with E-state index >= 15 is 0 Å². The molecule has 6 rings (SSSR count). The largest absolute Gasteiger partial charge is 0.454 e. The molecular weight excluding hydrogens is 402 g/mol. The molecule has 0 fully saturated rings. The van der Waals surface area contributed by atoms with E-state index in [1.54, 1.807) is 29.0 Å². The lowest BCUT2D eigenvalue weighted by Crippen LogP contribution is -2.11. The minimum Gasteiger partial charge on any atom is -0.454 e. The van der Waals surface area contributed by atoms with Crippen LogP contribution >= 0.6 is 22.7 Å². The maximum atomic E-state index is 5.53. The molecule has 0 radical (unpaired) electrons. The molecule has 5 aromatic rings. The molecule has 0 unspecified atom stereocenters. The van der Waals surface area contributed by atoms with Crippen molar-refractivity contribution in [2.24, 2.45) is 0 Å². The Morgan fingerprint density at radius 1 is 1.00 bits per heavy atom. The van der Waals surface area contributed by atoms with Crippen molar-refractivity contribution in [3.8, 4) is 21.9 Å². The van der Waals surface area contributed by atoms with Gasteiger partial charge in [-0.1, -0.05) is 18.2 Å². The SMILES string of the molecule is CN(c1ccc2c(c1)OCO2)c1ncnc2cc(-c3csc4ccccc34)sc12. The van der Waals surface area contributed by atoms with E-state index in [9.17, 15) is 0 Å². The van der Waals surface area contributed by atoms with E-state index in [2.05, 4.69) is 50.6 Å². The molecule has 142 valence electrons. The Morgan fingerprint density at radius 3 is 2.86 bits per heavy atom. The van der Waals surface area contributed by atoms with Crippen LogP contribution in [0.25, 0.3) is 30.7 Å². The number of ether oxygens (including phenoxy) is 2. The first-order valence-electron chi connectivity index (χ1n) is 9.12. The molecule has 2 aromatic carbocycles. The van der Waals surface area contributed by atoms with Gasteiger partial charge in [0.05, 0.1) is 10.2 Å². The molecule has 1 aliphatic heterocycles. The van der Waals surface area contributed by atoms with Crippen molar-refractivity contribution in [1.82, 2.24) is 9.97 Å². The van der Waals surface area contributed by atoms with Gasteiger partial charge in [-0.3, -0.25) is 0 Å². The minimum absolute atomic E-state index is 0.267. The number of nitrogens with zero attached hydrogens (tertiary/aromatic N) is 3. The Balaban J connectivity index is 1.46. The lowest BCUT2D eigenvalue weighted by Gasteiger charge is -2.18. The third-order valence-electron chi connectivity index (χ3n) is 5.10. The molecule has 0 atom stereocenters. The van der Waals surface area contributed by atoms with Crippen LogP contribution < -0.4 is 14.4 Å². The van der Waals surface area contributed by atoms with E-state index in [1.165, 1.54) is 20.5 Å². The zero-order valence-corrected chi connectivity index (χ0v) is 17.1. The predicted molar refractivity (Wildman–Crippen MR) is 119 cm³/mol. The van der Waals surface area contributed by atoms with Gasteiger partial charge in [-0.2, -0.15) is 0 Å². The van der Waals surface area contributed by atoms with E-state index in [4.69, 9.17) is 9.47 Å². The summed E-state index contributed by atoms with van der Waals surface area (Å²) < 4.78 is 13.3.